The van der Waals surface area contributed by atoms with Crippen LogP contribution in [0.3, 0.4) is 0 Å². The van der Waals surface area contributed by atoms with Gasteiger partial charge in [-0.1, -0.05) is 18.2 Å². The topological polar surface area (TPSA) is 88.1 Å². The summed E-state index contributed by atoms with van der Waals surface area (Å²) in [5.74, 6) is -1.84. The second kappa shape index (κ2) is 8.77. The fourth-order valence-corrected chi connectivity index (χ4v) is 2.03. The molecule has 8 heteroatoms. The van der Waals surface area contributed by atoms with Crippen LogP contribution in [0.4, 0.5) is 0 Å². The number of esters is 1. The van der Waals surface area contributed by atoms with Gasteiger partial charge in [-0.25, -0.2) is 9.59 Å². The molecule has 0 radical (unpaired) electrons. The molecule has 0 bridgehead atoms. The Morgan fingerprint density at radius 3 is 2.42 bits per heavy atom. The van der Waals surface area contributed by atoms with Gasteiger partial charge in [-0.3, -0.25) is 9.68 Å². The molecule has 0 saturated heterocycles. The van der Waals surface area contributed by atoms with Crippen molar-refractivity contribution in [1.82, 2.24) is 0 Å². The molecule has 7 nitrogen and oxygen atoms in total. The number of halogens is 1. The van der Waals surface area contributed by atoms with Crippen LogP contribution >= 0.6 is 11.6 Å². The zero-order chi connectivity index (χ0) is 18.3. The lowest BCUT2D eigenvalue weighted by atomic mass is 10.0. The summed E-state index contributed by atoms with van der Waals surface area (Å²) >= 11 is 5.01. The van der Waals surface area contributed by atoms with Crippen molar-refractivity contribution in [3.05, 3.63) is 35.4 Å². The molecule has 0 aliphatic carbocycles. The Bertz CT molecular complexity index is 612. The molecule has 1 aromatic carbocycles. The summed E-state index contributed by atoms with van der Waals surface area (Å²) in [4.78, 5) is 43.2. The number of hydrogen-bond acceptors (Lipinski definition) is 7. The average molecular weight is 359 g/mol. The molecule has 0 heterocycles. The van der Waals surface area contributed by atoms with Gasteiger partial charge in [-0.15, -0.1) is 0 Å². The molecule has 0 N–H and O–H groups in total. The summed E-state index contributed by atoms with van der Waals surface area (Å²) in [6.45, 7) is 6.57. The molecular formula is C16H19ClO7. The van der Waals surface area contributed by atoms with Crippen LogP contribution in [-0.2, 0) is 29.1 Å². The highest BCUT2D eigenvalue weighted by Gasteiger charge is 2.28. The minimum absolute atomic E-state index is 0.171. The Hall–Kier alpha value is -1.96. The van der Waals surface area contributed by atoms with Crippen molar-refractivity contribution < 1.29 is 33.9 Å². The number of hydrogen-bond donors (Lipinski definition) is 0. The van der Waals surface area contributed by atoms with Crippen LogP contribution < -0.4 is 0 Å². The van der Waals surface area contributed by atoms with E-state index in [4.69, 9.17) is 21.2 Å². The van der Waals surface area contributed by atoms with Gasteiger partial charge in [0.15, 0.2) is 0 Å². The lowest BCUT2D eigenvalue weighted by Gasteiger charge is -2.25. The average Bonchev–Trinajstić information content (AvgIpc) is 2.46. The van der Waals surface area contributed by atoms with Crippen molar-refractivity contribution in [1.29, 1.82) is 0 Å². The number of ether oxygens (including phenoxy) is 1. The number of carbonyl (C=O) groups excluding carboxylic acids is 3. The second-order valence-electron chi connectivity index (χ2n) is 5.79. The minimum Gasteiger partial charge on any atom is -0.456 e. The van der Waals surface area contributed by atoms with Crippen LogP contribution in [-0.4, -0.2) is 28.9 Å². The largest absolute Gasteiger partial charge is 0.456 e. The van der Waals surface area contributed by atoms with E-state index >= 15 is 0 Å². The molecule has 1 atom stereocenters. The Labute approximate surface area is 144 Å². The lowest BCUT2D eigenvalue weighted by Crippen LogP contribution is -2.32. The fourth-order valence-electron chi connectivity index (χ4n) is 1.98. The summed E-state index contributed by atoms with van der Waals surface area (Å²) < 4.78 is 4.80. The van der Waals surface area contributed by atoms with Crippen LogP contribution in [0.1, 0.15) is 43.1 Å². The maximum atomic E-state index is 11.8. The van der Waals surface area contributed by atoms with E-state index in [1.165, 1.54) is 0 Å². The molecule has 132 valence electrons. The minimum atomic E-state index is -1.20. The summed E-state index contributed by atoms with van der Waals surface area (Å²) in [7, 11) is 0. The molecule has 0 amide bonds. The van der Waals surface area contributed by atoms with Crippen molar-refractivity contribution in [2.24, 2.45) is 0 Å². The van der Waals surface area contributed by atoms with Gasteiger partial charge in [0.1, 0.15) is 11.7 Å². The highest BCUT2D eigenvalue weighted by Crippen LogP contribution is 2.20. The van der Waals surface area contributed by atoms with E-state index in [2.05, 4.69) is 9.93 Å². The van der Waals surface area contributed by atoms with E-state index in [0.717, 1.165) is 5.56 Å². The summed E-state index contributed by atoms with van der Waals surface area (Å²) in [5, 5.41) is 3.34. The third kappa shape index (κ3) is 6.66. The third-order valence-electron chi connectivity index (χ3n) is 2.98. The quantitative estimate of drug-likeness (QED) is 0.232. The molecule has 0 aliphatic heterocycles. The first kappa shape index (κ1) is 20.1. The number of aryl methyl sites for hydroxylation is 1. The van der Waals surface area contributed by atoms with Gasteiger partial charge in [-0.05, 0) is 56.0 Å². The predicted molar refractivity (Wildman–Crippen MR) is 83.9 cm³/mol. The molecule has 1 rings (SSSR count). The van der Waals surface area contributed by atoms with Crippen molar-refractivity contribution >= 4 is 28.8 Å². The van der Waals surface area contributed by atoms with Gasteiger partial charge in [-0.2, -0.15) is 4.89 Å². The van der Waals surface area contributed by atoms with Gasteiger partial charge in [0.05, 0.1) is 5.56 Å². The number of carbonyl (C=O) groups is 3. The molecule has 0 aliphatic rings. The Balaban J connectivity index is 2.45. The first-order valence-corrected chi connectivity index (χ1v) is 7.53. The van der Waals surface area contributed by atoms with Crippen LogP contribution in [0.15, 0.2) is 24.3 Å². The number of rotatable bonds is 8. The van der Waals surface area contributed by atoms with E-state index in [1.54, 1.807) is 52.0 Å². The smallest absolute Gasteiger partial charge is 0.391 e. The zero-order valence-electron chi connectivity index (χ0n) is 13.8. The van der Waals surface area contributed by atoms with E-state index in [9.17, 15) is 14.4 Å². The molecular weight excluding hydrogens is 340 g/mol. The van der Waals surface area contributed by atoms with Crippen molar-refractivity contribution in [2.75, 3.05) is 0 Å². The SMILES string of the molecule is Cc1ccccc1C(=O)OOOC(C)(C)CC(C)OC(=O)C(=O)Cl. The van der Waals surface area contributed by atoms with Gasteiger partial charge in [0.25, 0.3) is 0 Å². The Morgan fingerprint density at radius 1 is 1.21 bits per heavy atom. The summed E-state index contributed by atoms with van der Waals surface area (Å²) in [6.07, 6.45) is -0.490. The normalized spacial score (nSPS) is 12.4. The highest BCUT2D eigenvalue weighted by atomic mass is 35.5. The zero-order valence-corrected chi connectivity index (χ0v) is 14.6. The Morgan fingerprint density at radius 2 is 1.83 bits per heavy atom. The van der Waals surface area contributed by atoms with E-state index in [-0.39, 0.29) is 6.42 Å². The summed E-state index contributed by atoms with van der Waals surface area (Å²) in [5.41, 5.74) is 0.125. The predicted octanol–water partition coefficient (Wildman–Crippen LogP) is 2.88. The molecule has 0 fully saturated rings. The van der Waals surface area contributed by atoms with E-state index in [1.807, 2.05) is 0 Å². The standard InChI is InChI=1S/C16H19ClO7/c1-10-7-5-6-8-12(10)14(19)22-24-23-16(3,4)9-11(2)21-15(20)13(17)18/h5-8,11H,9H2,1-4H3. The maximum Gasteiger partial charge on any atom is 0.391 e. The Kier molecular flexibility index (Phi) is 7.34. The van der Waals surface area contributed by atoms with Crippen LogP contribution in [0.5, 0.6) is 0 Å². The summed E-state index contributed by atoms with van der Waals surface area (Å²) in [6, 6.07) is 6.84. The van der Waals surface area contributed by atoms with Crippen LogP contribution in [0.2, 0.25) is 0 Å². The molecule has 0 aromatic heterocycles. The second-order valence-corrected chi connectivity index (χ2v) is 6.13. The lowest BCUT2D eigenvalue weighted by molar-refractivity contribution is -0.513. The van der Waals surface area contributed by atoms with Gasteiger partial charge in [0, 0.05) is 6.42 Å². The third-order valence-corrected chi connectivity index (χ3v) is 3.14. The number of benzene rings is 1. The highest BCUT2D eigenvalue weighted by molar-refractivity contribution is 6.80. The van der Waals surface area contributed by atoms with Crippen molar-refractivity contribution in [3.8, 4) is 0 Å². The van der Waals surface area contributed by atoms with Crippen molar-refractivity contribution in [3.63, 3.8) is 0 Å². The molecule has 1 unspecified atom stereocenters. The molecule has 0 saturated carbocycles. The van der Waals surface area contributed by atoms with Crippen LogP contribution in [0, 0.1) is 6.92 Å². The molecule has 0 spiro atoms. The molecule has 1 aromatic rings. The fraction of sp³-hybridized carbons (Fsp3) is 0.438. The monoisotopic (exact) mass is 358 g/mol. The first-order valence-electron chi connectivity index (χ1n) is 7.15. The van der Waals surface area contributed by atoms with Gasteiger partial charge < -0.3 is 4.74 Å². The van der Waals surface area contributed by atoms with Crippen molar-refractivity contribution in [2.45, 2.75) is 45.8 Å². The maximum absolute atomic E-state index is 11.8. The van der Waals surface area contributed by atoms with Crippen LogP contribution in [0.25, 0.3) is 0 Å². The van der Waals surface area contributed by atoms with Gasteiger partial charge >= 0.3 is 17.2 Å². The van der Waals surface area contributed by atoms with Gasteiger partial charge in [0.2, 0.25) is 0 Å². The first-order chi connectivity index (χ1) is 11.1. The van der Waals surface area contributed by atoms with E-state index in [0.29, 0.717) is 5.56 Å². The van der Waals surface area contributed by atoms with E-state index < -0.39 is 28.9 Å². The molecule has 24 heavy (non-hydrogen) atoms.